The zero-order valence-corrected chi connectivity index (χ0v) is 15.4. The highest BCUT2D eigenvalue weighted by Crippen LogP contribution is 2.31. The molecule has 0 unspecified atom stereocenters. The minimum atomic E-state index is -1.50. The zero-order chi connectivity index (χ0) is 19.6. The van der Waals surface area contributed by atoms with Crippen molar-refractivity contribution in [3.8, 4) is 17.1 Å². The highest BCUT2D eigenvalue weighted by Gasteiger charge is 2.21. The van der Waals surface area contributed by atoms with Gasteiger partial charge in [0, 0.05) is 11.6 Å². The summed E-state index contributed by atoms with van der Waals surface area (Å²) in [6, 6.07) is 14.0. The fourth-order valence-corrected chi connectivity index (χ4v) is 2.67. The molecule has 5 heteroatoms. The highest BCUT2D eigenvalue weighted by molar-refractivity contribution is 6.01. The van der Waals surface area contributed by atoms with Crippen molar-refractivity contribution in [3.63, 3.8) is 0 Å². The van der Waals surface area contributed by atoms with Gasteiger partial charge in [-0.15, -0.1) is 0 Å². The van der Waals surface area contributed by atoms with Crippen LogP contribution in [-0.4, -0.2) is 23.6 Å². The van der Waals surface area contributed by atoms with Gasteiger partial charge in [0.25, 0.3) is 0 Å². The lowest BCUT2D eigenvalue weighted by Crippen LogP contribution is -2.29. The summed E-state index contributed by atoms with van der Waals surface area (Å²) in [4.78, 5) is 24.6. The SMILES string of the molecule is COc1ccc2c(=O)cc(-c3ccccc3)oc2c1/C=C/C(=O)C(C)(C)O. The predicted octanol–water partition coefficient (Wildman–Crippen LogP) is 3.82. The molecule has 0 saturated heterocycles. The van der Waals surface area contributed by atoms with Crippen LogP contribution in [0.4, 0.5) is 0 Å². The summed E-state index contributed by atoms with van der Waals surface area (Å²) in [5, 5.41) is 10.2. The Hall–Kier alpha value is -3.18. The van der Waals surface area contributed by atoms with Crippen molar-refractivity contribution < 1.29 is 19.1 Å². The van der Waals surface area contributed by atoms with E-state index < -0.39 is 11.4 Å². The Morgan fingerprint density at radius 3 is 2.48 bits per heavy atom. The number of rotatable bonds is 5. The zero-order valence-electron chi connectivity index (χ0n) is 15.4. The number of ether oxygens (including phenoxy) is 1. The van der Waals surface area contributed by atoms with E-state index in [-0.39, 0.29) is 5.43 Å². The maximum atomic E-state index is 12.6. The fraction of sp³-hybridized carbons (Fsp3) is 0.182. The number of carbonyl (C=O) groups is 1. The molecule has 0 fully saturated rings. The molecule has 3 aromatic rings. The van der Waals surface area contributed by atoms with Crippen molar-refractivity contribution in [2.45, 2.75) is 19.4 Å². The van der Waals surface area contributed by atoms with Crippen LogP contribution in [0.15, 0.2) is 63.8 Å². The van der Waals surface area contributed by atoms with Gasteiger partial charge in [-0.1, -0.05) is 30.3 Å². The number of carbonyl (C=O) groups excluding carboxylic acids is 1. The van der Waals surface area contributed by atoms with E-state index in [1.807, 2.05) is 30.3 Å². The maximum Gasteiger partial charge on any atom is 0.193 e. The van der Waals surface area contributed by atoms with Crippen molar-refractivity contribution in [2.24, 2.45) is 0 Å². The van der Waals surface area contributed by atoms with E-state index in [0.29, 0.717) is 28.0 Å². The highest BCUT2D eigenvalue weighted by atomic mass is 16.5. The molecular weight excluding hydrogens is 344 g/mol. The first-order valence-electron chi connectivity index (χ1n) is 8.46. The molecule has 138 valence electrons. The molecule has 2 aromatic carbocycles. The number of hydrogen-bond donors (Lipinski definition) is 1. The van der Waals surface area contributed by atoms with Gasteiger partial charge in [0.2, 0.25) is 0 Å². The lowest BCUT2D eigenvalue weighted by molar-refractivity contribution is -0.128. The van der Waals surface area contributed by atoms with Crippen LogP contribution in [0.3, 0.4) is 0 Å². The lowest BCUT2D eigenvalue weighted by atomic mass is 10.0. The Bertz CT molecular complexity index is 1070. The number of benzene rings is 2. The van der Waals surface area contributed by atoms with Crippen LogP contribution in [0.5, 0.6) is 5.75 Å². The number of aliphatic hydroxyl groups is 1. The molecule has 0 bridgehead atoms. The molecule has 0 amide bonds. The third kappa shape index (κ3) is 3.83. The third-order valence-corrected chi connectivity index (χ3v) is 4.18. The third-order valence-electron chi connectivity index (χ3n) is 4.18. The molecule has 3 rings (SSSR count). The monoisotopic (exact) mass is 364 g/mol. The van der Waals surface area contributed by atoms with Crippen LogP contribution in [0.25, 0.3) is 28.4 Å². The Morgan fingerprint density at radius 1 is 1.15 bits per heavy atom. The van der Waals surface area contributed by atoms with Crippen LogP contribution in [-0.2, 0) is 4.79 Å². The normalized spacial score (nSPS) is 11.9. The summed E-state index contributed by atoms with van der Waals surface area (Å²) in [7, 11) is 1.50. The van der Waals surface area contributed by atoms with Crippen molar-refractivity contribution >= 4 is 22.8 Å². The van der Waals surface area contributed by atoms with Gasteiger partial charge in [-0.05, 0) is 38.1 Å². The first kappa shape index (κ1) is 18.6. The maximum absolute atomic E-state index is 12.6. The van der Waals surface area contributed by atoms with Crippen molar-refractivity contribution in [3.05, 3.63) is 70.4 Å². The van der Waals surface area contributed by atoms with Crippen LogP contribution in [0.2, 0.25) is 0 Å². The van der Waals surface area contributed by atoms with Gasteiger partial charge in [-0.25, -0.2) is 0 Å². The van der Waals surface area contributed by atoms with E-state index in [1.165, 1.54) is 39.2 Å². The van der Waals surface area contributed by atoms with Crippen LogP contribution < -0.4 is 10.2 Å². The van der Waals surface area contributed by atoms with Crippen molar-refractivity contribution in [2.75, 3.05) is 7.11 Å². The molecule has 0 aliphatic rings. The van der Waals surface area contributed by atoms with Crippen LogP contribution in [0, 0.1) is 0 Å². The summed E-state index contributed by atoms with van der Waals surface area (Å²) in [6.45, 7) is 2.82. The summed E-state index contributed by atoms with van der Waals surface area (Å²) >= 11 is 0. The number of hydrogen-bond acceptors (Lipinski definition) is 5. The van der Waals surface area contributed by atoms with Gasteiger partial charge in [-0.2, -0.15) is 0 Å². The summed E-state index contributed by atoms with van der Waals surface area (Å²) in [5.41, 5.74) is -0.143. The molecule has 0 radical (unpaired) electrons. The minimum absolute atomic E-state index is 0.193. The smallest absolute Gasteiger partial charge is 0.193 e. The van der Waals surface area contributed by atoms with E-state index in [1.54, 1.807) is 12.1 Å². The van der Waals surface area contributed by atoms with E-state index in [4.69, 9.17) is 9.15 Å². The Balaban J connectivity index is 2.24. The van der Waals surface area contributed by atoms with Crippen molar-refractivity contribution in [1.29, 1.82) is 0 Å². The quantitative estimate of drug-likeness (QED) is 0.697. The van der Waals surface area contributed by atoms with Crippen LogP contribution >= 0.6 is 0 Å². The number of ketones is 1. The average molecular weight is 364 g/mol. The second-order valence-corrected chi connectivity index (χ2v) is 6.66. The van der Waals surface area contributed by atoms with E-state index >= 15 is 0 Å². The van der Waals surface area contributed by atoms with Gasteiger partial charge in [0.15, 0.2) is 11.2 Å². The Morgan fingerprint density at radius 2 is 1.85 bits per heavy atom. The van der Waals surface area contributed by atoms with Crippen molar-refractivity contribution in [1.82, 2.24) is 0 Å². The van der Waals surface area contributed by atoms with E-state index in [2.05, 4.69) is 0 Å². The molecule has 0 aliphatic heterocycles. The minimum Gasteiger partial charge on any atom is -0.496 e. The van der Waals surface area contributed by atoms with Gasteiger partial charge < -0.3 is 14.3 Å². The number of methoxy groups -OCH3 is 1. The lowest BCUT2D eigenvalue weighted by Gasteiger charge is -2.13. The summed E-state index contributed by atoms with van der Waals surface area (Å²) in [5.74, 6) is 0.406. The first-order valence-corrected chi connectivity index (χ1v) is 8.46. The predicted molar refractivity (Wildman–Crippen MR) is 105 cm³/mol. The van der Waals surface area contributed by atoms with Gasteiger partial charge in [-0.3, -0.25) is 9.59 Å². The molecule has 5 nitrogen and oxygen atoms in total. The van der Waals surface area contributed by atoms with E-state index in [9.17, 15) is 14.7 Å². The molecule has 0 aliphatic carbocycles. The van der Waals surface area contributed by atoms with Gasteiger partial charge >= 0.3 is 0 Å². The number of fused-ring (bicyclic) bond motifs is 1. The standard InChI is InChI=1S/C22H20O5/c1-22(2,25)20(24)12-10-16-18(26-3)11-9-15-17(23)13-19(27-21(15)16)14-7-5-4-6-8-14/h4-13,25H,1-3H3/b12-10+. The fourth-order valence-electron chi connectivity index (χ4n) is 2.67. The second kappa shape index (κ2) is 7.21. The molecule has 1 aromatic heterocycles. The largest absolute Gasteiger partial charge is 0.496 e. The average Bonchev–Trinajstić information content (AvgIpc) is 2.65. The van der Waals surface area contributed by atoms with Gasteiger partial charge in [0.1, 0.15) is 22.7 Å². The van der Waals surface area contributed by atoms with Gasteiger partial charge in [0.05, 0.1) is 18.1 Å². The molecule has 0 atom stereocenters. The Labute approximate surface area is 156 Å². The first-order chi connectivity index (χ1) is 12.8. The van der Waals surface area contributed by atoms with Crippen LogP contribution in [0.1, 0.15) is 19.4 Å². The topological polar surface area (TPSA) is 76.7 Å². The summed E-state index contributed by atoms with van der Waals surface area (Å²) < 4.78 is 11.4. The Kier molecular flexibility index (Phi) is 4.97. The molecule has 1 N–H and O–H groups in total. The molecule has 27 heavy (non-hydrogen) atoms. The molecule has 0 saturated carbocycles. The molecule has 0 spiro atoms. The van der Waals surface area contributed by atoms with E-state index in [0.717, 1.165) is 5.56 Å². The molecular formula is C22H20O5. The summed E-state index contributed by atoms with van der Waals surface area (Å²) in [6.07, 6.45) is 2.76. The second-order valence-electron chi connectivity index (χ2n) is 6.66. The molecule has 1 heterocycles.